The minimum absolute atomic E-state index is 1.21. The summed E-state index contributed by atoms with van der Waals surface area (Å²) in [7, 11) is 0. The van der Waals surface area contributed by atoms with Gasteiger partial charge in [0.15, 0.2) is 0 Å². The van der Waals surface area contributed by atoms with Gasteiger partial charge < -0.3 is 0 Å². The molecule has 0 nitrogen and oxygen atoms in total. The summed E-state index contributed by atoms with van der Waals surface area (Å²) in [6.07, 6.45) is 4.53. The first-order chi connectivity index (χ1) is 14.2. The molecule has 0 atom stereocenters. The highest BCUT2D eigenvalue weighted by Gasteiger charge is 2.07. The molecule has 0 fully saturated rings. The van der Waals surface area contributed by atoms with Crippen LogP contribution in [0.2, 0.25) is 0 Å². The molecule has 29 heavy (non-hydrogen) atoms. The van der Waals surface area contributed by atoms with Gasteiger partial charge in [0.2, 0.25) is 0 Å². The summed E-state index contributed by atoms with van der Waals surface area (Å²) in [5.74, 6) is 0. The molecule has 0 aliphatic heterocycles. The van der Waals surface area contributed by atoms with Gasteiger partial charge in [0.05, 0.1) is 0 Å². The predicted octanol–water partition coefficient (Wildman–Crippen LogP) is 8.21. The van der Waals surface area contributed by atoms with Gasteiger partial charge in [0.1, 0.15) is 0 Å². The smallest absolute Gasteiger partial charge is 0.0351 e. The first kappa shape index (κ1) is 19.2. The average molecular weight is 393 g/mol. The molecule has 0 amide bonds. The molecule has 0 radical (unpaired) electrons. The second-order valence-corrected chi connectivity index (χ2v) is 8.48. The normalized spacial score (nSPS) is 12.2. The number of benzene rings is 3. The molecule has 4 aromatic rings. The molecule has 0 N–H and O–H groups in total. The summed E-state index contributed by atoms with van der Waals surface area (Å²) >= 11 is 1.84. The van der Waals surface area contributed by atoms with Crippen LogP contribution >= 0.6 is 11.3 Å². The van der Waals surface area contributed by atoms with Gasteiger partial charge in [-0.1, -0.05) is 91.0 Å². The molecule has 3 aromatic carbocycles. The number of aryl methyl sites for hydroxylation is 1. The van der Waals surface area contributed by atoms with Crippen LogP contribution in [-0.4, -0.2) is 0 Å². The van der Waals surface area contributed by atoms with Crippen molar-refractivity contribution < 1.29 is 0 Å². The van der Waals surface area contributed by atoms with E-state index in [2.05, 4.69) is 123 Å². The highest BCUT2D eigenvalue weighted by atomic mass is 32.1. The zero-order valence-electron chi connectivity index (χ0n) is 16.8. The SMILES string of the molecule is CC(=Cc1ccc(C=C(c2ccccc2)c2ccc(C)s2)cc1)c1ccccc1. The van der Waals surface area contributed by atoms with E-state index in [1.807, 2.05) is 11.3 Å². The van der Waals surface area contributed by atoms with Crippen molar-refractivity contribution in [3.8, 4) is 0 Å². The predicted molar refractivity (Wildman–Crippen MR) is 129 cm³/mol. The van der Waals surface area contributed by atoms with Crippen molar-refractivity contribution in [1.82, 2.24) is 0 Å². The first-order valence-electron chi connectivity index (χ1n) is 9.87. The Kier molecular flexibility index (Phi) is 5.88. The second kappa shape index (κ2) is 8.89. The van der Waals surface area contributed by atoms with E-state index >= 15 is 0 Å². The maximum atomic E-state index is 2.29. The maximum Gasteiger partial charge on any atom is 0.0351 e. The largest absolute Gasteiger partial charge is 0.141 e. The van der Waals surface area contributed by atoms with Crippen molar-refractivity contribution in [2.24, 2.45) is 0 Å². The van der Waals surface area contributed by atoms with Gasteiger partial charge in [-0.25, -0.2) is 0 Å². The van der Waals surface area contributed by atoms with E-state index in [-0.39, 0.29) is 0 Å². The summed E-state index contributed by atoms with van der Waals surface area (Å²) < 4.78 is 0. The van der Waals surface area contributed by atoms with Crippen molar-refractivity contribution in [2.75, 3.05) is 0 Å². The lowest BCUT2D eigenvalue weighted by atomic mass is 10.00. The minimum atomic E-state index is 1.21. The summed E-state index contributed by atoms with van der Waals surface area (Å²) in [5, 5.41) is 0. The Hall–Kier alpha value is -3.16. The zero-order chi connectivity index (χ0) is 20.1. The molecular formula is C28H24S. The van der Waals surface area contributed by atoms with Gasteiger partial charge in [-0.05, 0) is 65.5 Å². The van der Waals surface area contributed by atoms with Crippen LogP contribution in [0.25, 0.3) is 23.3 Å². The van der Waals surface area contributed by atoms with Crippen LogP contribution in [-0.2, 0) is 0 Å². The summed E-state index contributed by atoms with van der Waals surface area (Å²) in [4.78, 5) is 2.64. The van der Waals surface area contributed by atoms with Gasteiger partial charge >= 0.3 is 0 Å². The number of rotatable bonds is 5. The summed E-state index contributed by atoms with van der Waals surface area (Å²) in [6, 6.07) is 34.4. The number of allylic oxidation sites excluding steroid dienone is 1. The summed E-state index contributed by atoms with van der Waals surface area (Å²) in [5.41, 5.74) is 7.48. The lowest BCUT2D eigenvalue weighted by Crippen LogP contribution is -1.85. The molecule has 0 saturated heterocycles. The van der Waals surface area contributed by atoms with E-state index in [0.717, 1.165) is 0 Å². The van der Waals surface area contributed by atoms with Crippen LogP contribution in [0.3, 0.4) is 0 Å². The molecule has 1 aromatic heterocycles. The molecule has 0 aliphatic rings. The Bertz CT molecular complexity index is 1130. The molecule has 0 unspecified atom stereocenters. The molecule has 4 rings (SSSR count). The molecule has 0 aliphatic carbocycles. The highest BCUT2D eigenvalue weighted by Crippen LogP contribution is 2.31. The molecule has 142 valence electrons. The molecule has 1 heterocycles. The Morgan fingerprint density at radius 2 is 1.17 bits per heavy atom. The highest BCUT2D eigenvalue weighted by molar-refractivity contribution is 7.13. The van der Waals surface area contributed by atoms with Crippen LogP contribution in [0.4, 0.5) is 0 Å². The van der Waals surface area contributed by atoms with Crippen molar-refractivity contribution >= 4 is 34.6 Å². The van der Waals surface area contributed by atoms with Crippen LogP contribution in [0.1, 0.15) is 38.9 Å². The van der Waals surface area contributed by atoms with Gasteiger partial charge in [0, 0.05) is 9.75 Å². The van der Waals surface area contributed by atoms with E-state index in [1.165, 1.54) is 43.2 Å². The Balaban J connectivity index is 1.65. The lowest BCUT2D eigenvalue weighted by molar-refractivity contribution is 1.56. The van der Waals surface area contributed by atoms with Gasteiger partial charge in [-0.2, -0.15) is 0 Å². The fourth-order valence-corrected chi connectivity index (χ4v) is 4.29. The molecule has 0 spiro atoms. The minimum Gasteiger partial charge on any atom is -0.141 e. The fraction of sp³-hybridized carbons (Fsp3) is 0.0714. The fourth-order valence-electron chi connectivity index (χ4n) is 3.38. The standard InChI is InChI=1S/C28H24S/c1-21(25-9-5-3-6-10-25)19-23-14-16-24(17-15-23)20-27(26-11-7-4-8-12-26)28-18-13-22(2)29-28/h3-20H,1-2H3. The molecular weight excluding hydrogens is 368 g/mol. The number of thiophene rings is 1. The Morgan fingerprint density at radius 1 is 0.621 bits per heavy atom. The summed E-state index contributed by atoms with van der Waals surface area (Å²) in [6.45, 7) is 4.32. The third-order valence-corrected chi connectivity index (χ3v) is 5.98. The molecule has 1 heteroatoms. The Morgan fingerprint density at radius 3 is 1.72 bits per heavy atom. The van der Waals surface area contributed by atoms with Crippen LogP contribution < -0.4 is 0 Å². The second-order valence-electron chi connectivity index (χ2n) is 7.19. The first-order valence-corrected chi connectivity index (χ1v) is 10.7. The lowest BCUT2D eigenvalue weighted by Gasteiger charge is -2.07. The third-order valence-electron chi connectivity index (χ3n) is 4.95. The van der Waals surface area contributed by atoms with Gasteiger partial charge in [-0.3, -0.25) is 0 Å². The van der Waals surface area contributed by atoms with Crippen molar-refractivity contribution in [3.63, 3.8) is 0 Å². The van der Waals surface area contributed by atoms with E-state index in [1.54, 1.807) is 0 Å². The van der Waals surface area contributed by atoms with Crippen LogP contribution in [0, 0.1) is 6.92 Å². The van der Waals surface area contributed by atoms with Gasteiger partial charge in [-0.15, -0.1) is 11.3 Å². The van der Waals surface area contributed by atoms with E-state index in [9.17, 15) is 0 Å². The quantitative estimate of drug-likeness (QED) is 0.300. The van der Waals surface area contributed by atoms with Crippen LogP contribution in [0.5, 0.6) is 0 Å². The number of hydrogen-bond donors (Lipinski definition) is 0. The monoisotopic (exact) mass is 392 g/mol. The topological polar surface area (TPSA) is 0 Å². The van der Waals surface area contributed by atoms with E-state index in [0.29, 0.717) is 0 Å². The van der Waals surface area contributed by atoms with Crippen LogP contribution in [0.15, 0.2) is 97.1 Å². The van der Waals surface area contributed by atoms with E-state index < -0.39 is 0 Å². The van der Waals surface area contributed by atoms with Crippen molar-refractivity contribution in [2.45, 2.75) is 13.8 Å². The van der Waals surface area contributed by atoms with E-state index in [4.69, 9.17) is 0 Å². The van der Waals surface area contributed by atoms with Crippen molar-refractivity contribution in [3.05, 3.63) is 129 Å². The molecule has 0 bridgehead atoms. The third kappa shape index (κ3) is 4.82. The molecule has 0 saturated carbocycles. The number of hydrogen-bond acceptors (Lipinski definition) is 1. The zero-order valence-corrected chi connectivity index (χ0v) is 17.6. The maximum absolute atomic E-state index is 2.29. The average Bonchev–Trinajstić information content (AvgIpc) is 3.20. The van der Waals surface area contributed by atoms with Crippen molar-refractivity contribution in [1.29, 1.82) is 0 Å². The Labute approximate surface area is 177 Å². The van der Waals surface area contributed by atoms with Gasteiger partial charge in [0.25, 0.3) is 0 Å².